The number of benzene rings is 3. The monoisotopic (exact) mass is 496 g/mol. The molecule has 0 atom stereocenters. The maximum atomic E-state index is 13.0. The van der Waals surface area contributed by atoms with Crippen LogP contribution in [0.3, 0.4) is 0 Å². The van der Waals surface area contributed by atoms with Crippen LogP contribution in [0.25, 0.3) is 0 Å². The number of aryl methyl sites for hydroxylation is 1. The minimum absolute atomic E-state index is 0.0666. The summed E-state index contributed by atoms with van der Waals surface area (Å²) in [5.41, 5.74) is 0.825. The first kappa shape index (κ1) is 23.7. The highest BCUT2D eigenvalue weighted by Crippen LogP contribution is 2.31. The van der Waals surface area contributed by atoms with E-state index in [0.29, 0.717) is 22.0 Å². The topological polar surface area (TPSA) is 111 Å². The molecule has 0 amide bonds. The Kier molecular flexibility index (Phi) is 6.87. The molecule has 0 aliphatic heterocycles. The van der Waals surface area contributed by atoms with Crippen LogP contribution in [-0.4, -0.2) is 31.1 Å². The lowest BCUT2D eigenvalue weighted by atomic mass is 10.2. The van der Waals surface area contributed by atoms with Gasteiger partial charge in [0.1, 0.15) is 16.4 Å². The van der Waals surface area contributed by atoms with Gasteiger partial charge in [-0.25, -0.2) is 16.8 Å². The molecule has 2 N–H and O–H groups in total. The summed E-state index contributed by atoms with van der Waals surface area (Å²) in [6, 6.07) is 14.7. The van der Waals surface area contributed by atoms with E-state index in [4.69, 9.17) is 21.1 Å². The van der Waals surface area contributed by atoms with Crippen LogP contribution in [0.15, 0.2) is 70.5 Å². The van der Waals surface area contributed by atoms with Crippen molar-refractivity contribution in [3.05, 3.63) is 71.2 Å². The molecule has 0 unspecified atom stereocenters. The molecule has 11 heteroatoms. The Balaban J connectivity index is 1.96. The van der Waals surface area contributed by atoms with E-state index < -0.39 is 20.0 Å². The van der Waals surface area contributed by atoms with Gasteiger partial charge in [-0.2, -0.15) is 0 Å². The van der Waals surface area contributed by atoms with Crippen molar-refractivity contribution in [1.29, 1.82) is 0 Å². The van der Waals surface area contributed by atoms with Crippen LogP contribution in [0.2, 0.25) is 5.02 Å². The van der Waals surface area contributed by atoms with Crippen molar-refractivity contribution in [2.75, 3.05) is 23.7 Å². The number of rotatable bonds is 8. The van der Waals surface area contributed by atoms with Crippen LogP contribution in [0.1, 0.15) is 5.56 Å². The number of hydrogen-bond acceptors (Lipinski definition) is 6. The van der Waals surface area contributed by atoms with Crippen molar-refractivity contribution < 1.29 is 26.3 Å². The second-order valence-electron chi connectivity index (χ2n) is 6.71. The van der Waals surface area contributed by atoms with E-state index in [1.807, 2.05) is 0 Å². The van der Waals surface area contributed by atoms with Crippen LogP contribution >= 0.6 is 11.6 Å². The summed E-state index contributed by atoms with van der Waals surface area (Å²) >= 11 is 5.84. The normalized spacial score (nSPS) is 11.6. The van der Waals surface area contributed by atoms with Crippen molar-refractivity contribution in [2.45, 2.75) is 16.7 Å². The Morgan fingerprint density at radius 1 is 0.719 bits per heavy atom. The minimum atomic E-state index is -4.11. The molecule has 8 nitrogen and oxygen atoms in total. The highest BCUT2D eigenvalue weighted by atomic mass is 35.5. The van der Waals surface area contributed by atoms with Crippen LogP contribution in [-0.2, 0) is 20.0 Å². The van der Waals surface area contributed by atoms with Gasteiger partial charge in [-0.15, -0.1) is 0 Å². The Bertz CT molecular complexity index is 1340. The van der Waals surface area contributed by atoms with Crippen molar-refractivity contribution in [2.24, 2.45) is 0 Å². The van der Waals surface area contributed by atoms with Crippen molar-refractivity contribution in [1.82, 2.24) is 0 Å². The third kappa shape index (κ3) is 5.26. The molecule has 0 fully saturated rings. The van der Waals surface area contributed by atoms with Gasteiger partial charge in [-0.3, -0.25) is 9.44 Å². The fourth-order valence-corrected chi connectivity index (χ4v) is 5.58. The van der Waals surface area contributed by atoms with Crippen molar-refractivity contribution in [3.8, 4) is 11.5 Å². The van der Waals surface area contributed by atoms with Gasteiger partial charge < -0.3 is 9.47 Å². The van der Waals surface area contributed by atoms with Crippen molar-refractivity contribution >= 4 is 43.0 Å². The molecule has 0 spiro atoms. The molecule has 0 aliphatic carbocycles. The molecule has 0 bridgehead atoms. The fourth-order valence-electron chi connectivity index (χ4n) is 2.89. The van der Waals surface area contributed by atoms with E-state index in [0.717, 1.165) is 0 Å². The molecular formula is C21H21ClN2O6S2. The van der Waals surface area contributed by atoms with Crippen LogP contribution in [0.4, 0.5) is 11.4 Å². The van der Waals surface area contributed by atoms with E-state index in [2.05, 4.69) is 9.44 Å². The largest absolute Gasteiger partial charge is 0.497 e. The molecule has 3 aromatic rings. The first-order chi connectivity index (χ1) is 15.1. The molecule has 0 radical (unpaired) electrons. The van der Waals surface area contributed by atoms with Gasteiger partial charge >= 0.3 is 0 Å². The smallest absolute Gasteiger partial charge is 0.265 e. The predicted molar refractivity (Wildman–Crippen MR) is 124 cm³/mol. The SMILES string of the molecule is COc1ccc(OC)c(S(=O)(=O)Nc2ccc(C)c(S(=O)(=O)Nc3ccc(Cl)cc3)c2)c1. The average Bonchev–Trinajstić information content (AvgIpc) is 2.75. The summed E-state index contributed by atoms with van der Waals surface area (Å²) in [5.74, 6) is 0.438. The number of anilines is 2. The molecule has 0 saturated heterocycles. The molecular weight excluding hydrogens is 476 g/mol. The predicted octanol–water partition coefficient (Wildman–Crippen LogP) is 4.27. The van der Waals surface area contributed by atoms with Gasteiger partial charge in [-0.1, -0.05) is 17.7 Å². The summed E-state index contributed by atoms with van der Waals surface area (Å²) in [7, 11) is -5.35. The van der Waals surface area contributed by atoms with Gasteiger partial charge in [0, 0.05) is 16.8 Å². The Morgan fingerprint density at radius 3 is 1.94 bits per heavy atom. The average molecular weight is 497 g/mol. The van der Waals surface area contributed by atoms with E-state index in [1.165, 1.54) is 56.7 Å². The number of ether oxygens (including phenoxy) is 2. The highest BCUT2D eigenvalue weighted by molar-refractivity contribution is 7.93. The number of methoxy groups -OCH3 is 2. The zero-order valence-electron chi connectivity index (χ0n) is 17.4. The summed E-state index contributed by atoms with van der Waals surface area (Å²) in [5, 5.41) is 0.466. The Morgan fingerprint density at radius 2 is 1.31 bits per heavy atom. The number of sulfonamides is 2. The standard InChI is InChI=1S/C21H21ClN2O6S2/c1-14-4-7-17(12-20(14)31(25,26)23-16-8-5-15(22)6-9-16)24-32(27,28)21-13-18(29-2)10-11-19(21)30-3/h4-13,23-24H,1-3H3. The van der Waals surface area contributed by atoms with Crippen LogP contribution < -0.4 is 18.9 Å². The lowest BCUT2D eigenvalue weighted by molar-refractivity contribution is 0.392. The lowest BCUT2D eigenvalue weighted by Gasteiger charge is -2.15. The first-order valence-electron chi connectivity index (χ1n) is 9.19. The van der Waals surface area contributed by atoms with Crippen LogP contribution in [0.5, 0.6) is 11.5 Å². The maximum Gasteiger partial charge on any atom is 0.265 e. The molecule has 0 aromatic heterocycles. The first-order valence-corrected chi connectivity index (χ1v) is 12.5. The number of halogens is 1. The molecule has 3 aromatic carbocycles. The molecule has 0 heterocycles. The molecule has 32 heavy (non-hydrogen) atoms. The van der Waals surface area contributed by atoms with Crippen molar-refractivity contribution in [3.63, 3.8) is 0 Å². The van der Waals surface area contributed by atoms with E-state index >= 15 is 0 Å². The Hall–Kier alpha value is -2.95. The second-order valence-corrected chi connectivity index (χ2v) is 10.5. The van der Waals surface area contributed by atoms with Gasteiger partial charge in [0.05, 0.1) is 24.8 Å². The van der Waals surface area contributed by atoms with E-state index in [1.54, 1.807) is 25.1 Å². The summed E-state index contributed by atoms with van der Waals surface area (Å²) in [6.45, 7) is 1.61. The zero-order valence-corrected chi connectivity index (χ0v) is 19.8. The molecule has 0 aliphatic rings. The van der Waals surface area contributed by atoms with Gasteiger partial charge in [0.15, 0.2) is 0 Å². The van der Waals surface area contributed by atoms with Gasteiger partial charge in [0.2, 0.25) is 0 Å². The zero-order chi connectivity index (χ0) is 23.5. The highest BCUT2D eigenvalue weighted by Gasteiger charge is 2.23. The van der Waals surface area contributed by atoms with E-state index in [9.17, 15) is 16.8 Å². The summed E-state index contributed by atoms with van der Waals surface area (Å²) < 4.78 is 66.9. The quantitative estimate of drug-likeness (QED) is 0.482. The fraction of sp³-hybridized carbons (Fsp3) is 0.143. The summed E-state index contributed by atoms with van der Waals surface area (Å²) in [4.78, 5) is -0.228. The van der Waals surface area contributed by atoms with E-state index in [-0.39, 0.29) is 21.2 Å². The lowest BCUT2D eigenvalue weighted by Crippen LogP contribution is -2.17. The molecule has 0 saturated carbocycles. The van der Waals surface area contributed by atoms with Gasteiger partial charge in [-0.05, 0) is 61.0 Å². The minimum Gasteiger partial charge on any atom is -0.497 e. The maximum absolute atomic E-state index is 13.0. The molecule has 170 valence electrons. The second kappa shape index (κ2) is 9.27. The third-order valence-electron chi connectivity index (χ3n) is 4.49. The number of nitrogens with one attached hydrogen (secondary N) is 2. The Labute approximate surface area is 192 Å². The summed E-state index contributed by atoms with van der Waals surface area (Å²) in [6.07, 6.45) is 0. The third-order valence-corrected chi connectivity index (χ3v) is 7.66. The van der Waals surface area contributed by atoms with Gasteiger partial charge in [0.25, 0.3) is 20.0 Å². The van der Waals surface area contributed by atoms with Crippen LogP contribution in [0, 0.1) is 6.92 Å². The number of hydrogen-bond donors (Lipinski definition) is 2. The molecule has 3 rings (SSSR count).